The highest BCUT2D eigenvalue weighted by Gasteiger charge is 2.30. The molecule has 2 aromatic carbocycles. The van der Waals surface area contributed by atoms with Crippen LogP contribution >= 0.6 is 18.2 Å². The molecule has 0 saturated heterocycles. The van der Waals surface area contributed by atoms with Gasteiger partial charge in [0.2, 0.25) is 0 Å². The van der Waals surface area contributed by atoms with Crippen molar-refractivity contribution in [2.75, 3.05) is 0 Å². The van der Waals surface area contributed by atoms with Crippen LogP contribution in [0.3, 0.4) is 0 Å². The zero-order chi connectivity index (χ0) is 21.9. The molecule has 0 bridgehead atoms. The number of benzene rings is 2. The van der Waals surface area contributed by atoms with Crippen LogP contribution in [0.25, 0.3) is 0 Å². The molecule has 0 amide bonds. The zero-order valence-electron chi connectivity index (χ0n) is 18.8. The number of halogens is 1. The molecule has 0 saturated carbocycles. The molecule has 2 rings (SSSR count). The summed E-state index contributed by atoms with van der Waals surface area (Å²) >= 11 is 6.33. The molecule has 160 valence electrons. The lowest BCUT2D eigenvalue weighted by atomic mass is 9.90. The molecular weight excluding hydrogens is 403 g/mol. The van der Waals surface area contributed by atoms with E-state index < -0.39 is 6.95 Å². The van der Waals surface area contributed by atoms with Crippen LogP contribution in [0.4, 0.5) is 0 Å². The lowest BCUT2D eigenvalue weighted by molar-refractivity contribution is 0.400. The van der Waals surface area contributed by atoms with E-state index in [1.165, 1.54) is 11.1 Å². The second-order valence-corrected chi connectivity index (χ2v) is 11.2. The van der Waals surface area contributed by atoms with Gasteiger partial charge in [0.25, 0.3) is 0 Å². The molecule has 0 spiro atoms. The van der Waals surface area contributed by atoms with Crippen LogP contribution < -0.4 is 9.05 Å². The van der Waals surface area contributed by atoms with Crippen molar-refractivity contribution in [3.63, 3.8) is 0 Å². The maximum Gasteiger partial charge on any atom is 0.530 e. The first-order valence-corrected chi connectivity index (χ1v) is 12.8. The Balaban J connectivity index is 2.44. The van der Waals surface area contributed by atoms with E-state index in [-0.39, 0.29) is 11.8 Å². The van der Waals surface area contributed by atoms with E-state index in [1.54, 1.807) is 0 Å². The van der Waals surface area contributed by atoms with Crippen molar-refractivity contribution in [1.29, 1.82) is 0 Å². The van der Waals surface area contributed by atoms with Gasteiger partial charge in [-0.1, -0.05) is 79.7 Å². The van der Waals surface area contributed by atoms with E-state index in [2.05, 4.69) is 67.5 Å². The Labute approximate surface area is 181 Å². The Morgan fingerprint density at radius 3 is 1.28 bits per heavy atom. The van der Waals surface area contributed by atoms with Crippen molar-refractivity contribution < 1.29 is 13.6 Å². The Morgan fingerprint density at radius 2 is 1.00 bits per heavy atom. The predicted molar refractivity (Wildman–Crippen MR) is 124 cm³/mol. The summed E-state index contributed by atoms with van der Waals surface area (Å²) in [7, 11) is 0. The molecular formula is C24H34ClO3P. The van der Waals surface area contributed by atoms with Gasteiger partial charge < -0.3 is 9.05 Å². The second kappa shape index (κ2) is 9.58. The molecule has 0 aliphatic carbocycles. The van der Waals surface area contributed by atoms with Gasteiger partial charge in [-0.15, -0.1) is 0 Å². The standard InChI is InChI=1S/C24H34ClO3P/c1-15(2)19-11-9-13-21(23(19)17(5)6)27-29(25,26)28-22-14-10-12-20(16(3)4)24(22)18(7)8/h9-18H,1-8H3. The molecule has 0 aromatic heterocycles. The van der Waals surface area contributed by atoms with Gasteiger partial charge in [0, 0.05) is 22.4 Å². The summed E-state index contributed by atoms with van der Waals surface area (Å²) in [5.41, 5.74) is 4.37. The van der Waals surface area contributed by atoms with Crippen LogP contribution in [0.15, 0.2) is 36.4 Å². The third kappa shape index (κ3) is 5.80. The fourth-order valence-corrected chi connectivity index (χ4v) is 5.05. The Bertz CT molecular complexity index is 818. The van der Waals surface area contributed by atoms with E-state index in [0.29, 0.717) is 23.3 Å². The van der Waals surface area contributed by atoms with Crippen LogP contribution in [0.2, 0.25) is 0 Å². The zero-order valence-corrected chi connectivity index (χ0v) is 20.5. The highest BCUT2D eigenvalue weighted by molar-refractivity contribution is 7.82. The maximum absolute atomic E-state index is 13.2. The monoisotopic (exact) mass is 436 g/mol. The number of rotatable bonds is 8. The Morgan fingerprint density at radius 1 is 0.655 bits per heavy atom. The molecule has 0 heterocycles. The maximum atomic E-state index is 13.2. The third-order valence-corrected chi connectivity index (χ3v) is 6.26. The first-order valence-electron chi connectivity index (χ1n) is 10.4. The molecule has 0 fully saturated rings. The van der Waals surface area contributed by atoms with Crippen LogP contribution in [-0.2, 0) is 4.57 Å². The minimum absolute atomic E-state index is 0.204. The van der Waals surface area contributed by atoms with Crippen LogP contribution in [0.1, 0.15) is 101 Å². The highest BCUT2D eigenvalue weighted by atomic mass is 35.7. The molecule has 0 aliphatic rings. The van der Waals surface area contributed by atoms with Gasteiger partial charge in [-0.25, -0.2) is 4.57 Å². The number of hydrogen-bond acceptors (Lipinski definition) is 3. The smallest absolute Gasteiger partial charge is 0.404 e. The van der Waals surface area contributed by atoms with Crippen molar-refractivity contribution in [3.8, 4) is 11.5 Å². The fourth-order valence-electron chi connectivity index (χ4n) is 3.78. The summed E-state index contributed by atoms with van der Waals surface area (Å²) in [6.07, 6.45) is 0. The first kappa shape index (κ1) is 23.8. The molecule has 0 atom stereocenters. The van der Waals surface area contributed by atoms with Gasteiger partial charge in [0.05, 0.1) is 0 Å². The van der Waals surface area contributed by atoms with Crippen molar-refractivity contribution in [2.24, 2.45) is 0 Å². The highest BCUT2D eigenvalue weighted by Crippen LogP contribution is 2.56. The lowest BCUT2D eigenvalue weighted by Crippen LogP contribution is -2.06. The minimum Gasteiger partial charge on any atom is -0.404 e. The van der Waals surface area contributed by atoms with E-state index in [9.17, 15) is 4.57 Å². The van der Waals surface area contributed by atoms with Gasteiger partial charge >= 0.3 is 6.95 Å². The lowest BCUT2D eigenvalue weighted by Gasteiger charge is -2.24. The summed E-state index contributed by atoms with van der Waals surface area (Å²) < 4.78 is 24.8. The Hall–Kier alpha value is -1.44. The molecule has 29 heavy (non-hydrogen) atoms. The molecule has 0 radical (unpaired) electrons. The van der Waals surface area contributed by atoms with Gasteiger partial charge in [-0.2, -0.15) is 0 Å². The largest absolute Gasteiger partial charge is 0.530 e. The summed E-state index contributed by atoms with van der Waals surface area (Å²) in [5.74, 6) is 2.10. The molecule has 3 nitrogen and oxygen atoms in total. The third-order valence-electron chi connectivity index (χ3n) is 5.01. The van der Waals surface area contributed by atoms with Gasteiger partial charge in [0.15, 0.2) is 0 Å². The van der Waals surface area contributed by atoms with E-state index in [0.717, 1.165) is 11.1 Å². The Kier molecular flexibility index (Phi) is 7.87. The van der Waals surface area contributed by atoms with Crippen molar-refractivity contribution in [1.82, 2.24) is 0 Å². The number of hydrogen-bond donors (Lipinski definition) is 0. The summed E-state index contributed by atoms with van der Waals surface area (Å²) in [5, 5.41) is 0. The summed E-state index contributed by atoms with van der Waals surface area (Å²) in [6.45, 7) is 13.0. The average molecular weight is 437 g/mol. The fraction of sp³-hybridized carbons (Fsp3) is 0.500. The van der Waals surface area contributed by atoms with Crippen molar-refractivity contribution in [3.05, 3.63) is 58.7 Å². The quantitative estimate of drug-likeness (QED) is 0.387. The van der Waals surface area contributed by atoms with E-state index in [1.807, 2.05) is 24.3 Å². The molecule has 2 aromatic rings. The molecule has 0 N–H and O–H groups in total. The van der Waals surface area contributed by atoms with Gasteiger partial charge in [-0.05, 0) is 46.9 Å². The van der Waals surface area contributed by atoms with Crippen LogP contribution in [-0.4, -0.2) is 0 Å². The normalized spacial score (nSPS) is 12.3. The predicted octanol–water partition coefficient (Wildman–Crippen LogP) is 8.98. The van der Waals surface area contributed by atoms with Gasteiger partial charge in [-0.3, -0.25) is 0 Å². The topological polar surface area (TPSA) is 35.5 Å². The van der Waals surface area contributed by atoms with Gasteiger partial charge in [0.1, 0.15) is 11.5 Å². The van der Waals surface area contributed by atoms with Crippen LogP contribution in [0.5, 0.6) is 11.5 Å². The second-order valence-electron chi connectivity index (χ2n) is 8.75. The molecule has 0 aliphatic heterocycles. The van der Waals surface area contributed by atoms with Crippen LogP contribution in [0, 0.1) is 0 Å². The average Bonchev–Trinajstić information content (AvgIpc) is 2.59. The van der Waals surface area contributed by atoms with Crippen molar-refractivity contribution >= 4 is 18.2 Å². The molecule has 5 heteroatoms. The SMILES string of the molecule is CC(C)c1cccc(OP(=O)(Cl)Oc2cccc(C(C)C)c2C(C)C)c1C(C)C. The van der Waals surface area contributed by atoms with E-state index >= 15 is 0 Å². The summed E-state index contributed by atoms with van der Waals surface area (Å²) in [4.78, 5) is 0. The van der Waals surface area contributed by atoms with Crippen molar-refractivity contribution in [2.45, 2.75) is 79.1 Å². The minimum atomic E-state index is -3.90. The first-order chi connectivity index (χ1) is 13.4. The van der Waals surface area contributed by atoms with E-state index in [4.69, 9.17) is 20.3 Å². The summed E-state index contributed by atoms with van der Waals surface area (Å²) in [6, 6.07) is 11.6. The molecule has 0 unspecified atom stereocenters.